The lowest BCUT2D eigenvalue weighted by Gasteiger charge is -2.18. The number of rotatable bonds is 5. The van der Waals surface area contributed by atoms with Crippen molar-refractivity contribution in [3.05, 3.63) is 29.0 Å². The fourth-order valence-corrected chi connectivity index (χ4v) is 2.42. The van der Waals surface area contributed by atoms with E-state index in [0.717, 1.165) is 47.7 Å². The zero-order valence-corrected chi connectivity index (χ0v) is 12.7. The molecule has 2 N–H and O–H groups in total. The first kappa shape index (κ1) is 14.4. The van der Waals surface area contributed by atoms with E-state index in [1.807, 2.05) is 12.1 Å². The Labute approximate surface area is 119 Å². The van der Waals surface area contributed by atoms with Crippen molar-refractivity contribution < 1.29 is 0 Å². The largest absolute Gasteiger partial charge is 0.328 e. The minimum Gasteiger partial charge on any atom is -0.328 e. The summed E-state index contributed by atoms with van der Waals surface area (Å²) < 4.78 is 2.29. The van der Waals surface area contributed by atoms with Crippen LogP contribution in [0.15, 0.2) is 18.2 Å². The Hall–Kier alpha value is -1.06. The van der Waals surface area contributed by atoms with Crippen molar-refractivity contribution >= 4 is 22.6 Å². The Morgan fingerprint density at radius 1 is 1.37 bits per heavy atom. The van der Waals surface area contributed by atoms with Gasteiger partial charge in [-0.3, -0.25) is 0 Å². The van der Waals surface area contributed by atoms with Crippen LogP contribution in [0.5, 0.6) is 0 Å². The third-order valence-corrected chi connectivity index (χ3v) is 3.46. The average molecular weight is 280 g/mol. The maximum absolute atomic E-state index is 6.07. The quantitative estimate of drug-likeness (QED) is 0.905. The molecule has 1 heterocycles. The summed E-state index contributed by atoms with van der Waals surface area (Å²) >= 11 is 6.04. The van der Waals surface area contributed by atoms with Crippen molar-refractivity contribution in [1.82, 2.24) is 9.55 Å². The van der Waals surface area contributed by atoms with Gasteiger partial charge < -0.3 is 10.3 Å². The Kier molecular flexibility index (Phi) is 4.16. The zero-order valence-electron chi connectivity index (χ0n) is 11.9. The van der Waals surface area contributed by atoms with Crippen LogP contribution < -0.4 is 5.73 Å². The van der Waals surface area contributed by atoms with E-state index >= 15 is 0 Å². The van der Waals surface area contributed by atoms with Gasteiger partial charge in [0.25, 0.3) is 0 Å². The van der Waals surface area contributed by atoms with Crippen LogP contribution in [0.25, 0.3) is 11.0 Å². The van der Waals surface area contributed by atoms with Gasteiger partial charge in [0.15, 0.2) is 0 Å². The third kappa shape index (κ3) is 3.48. The van der Waals surface area contributed by atoms with Crippen LogP contribution >= 0.6 is 11.6 Å². The number of fused-ring (bicyclic) bond motifs is 1. The first-order chi connectivity index (χ1) is 8.90. The van der Waals surface area contributed by atoms with Crippen LogP contribution in [0.2, 0.25) is 5.02 Å². The van der Waals surface area contributed by atoms with Gasteiger partial charge in [-0.2, -0.15) is 0 Å². The molecule has 19 heavy (non-hydrogen) atoms. The molecule has 0 saturated heterocycles. The van der Waals surface area contributed by atoms with Crippen molar-refractivity contribution in [2.24, 2.45) is 5.73 Å². The number of aryl methyl sites for hydroxylation is 2. The highest BCUT2D eigenvalue weighted by Gasteiger charge is 2.15. The van der Waals surface area contributed by atoms with Gasteiger partial charge >= 0.3 is 0 Å². The molecule has 0 saturated carbocycles. The second-order valence-corrected chi connectivity index (χ2v) is 6.24. The van der Waals surface area contributed by atoms with Gasteiger partial charge in [-0.25, -0.2) is 4.98 Å². The summed E-state index contributed by atoms with van der Waals surface area (Å²) in [7, 11) is 0. The molecular formula is C15H22ClN3. The number of halogens is 1. The fourth-order valence-electron chi connectivity index (χ4n) is 2.25. The molecule has 0 aliphatic rings. The van der Waals surface area contributed by atoms with Crippen molar-refractivity contribution in [1.29, 1.82) is 0 Å². The molecule has 2 rings (SSSR count). The smallest absolute Gasteiger partial charge is 0.109 e. The van der Waals surface area contributed by atoms with Gasteiger partial charge in [0.05, 0.1) is 11.0 Å². The molecule has 3 nitrogen and oxygen atoms in total. The van der Waals surface area contributed by atoms with E-state index in [2.05, 4.69) is 31.4 Å². The number of imidazole rings is 1. The molecule has 0 spiro atoms. The molecule has 4 heteroatoms. The third-order valence-electron chi connectivity index (χ3n) is 3.23. The summed E-state index contributed by atoms with van der Waals surface area (Å²) in [6, 6.07) is 5.91. The van der Waals surface area contributed by atoms with Crippen LogP contribution in [0, 0.1) is 0 Å². The highest BCUT2D eigenvalue weighted by Crippen LogP contribution is 2.22. The van der Waals surface area contributed by atoms with Gasteiger partial charge in [-0.1, -0.05) is 18.5 Å². The van der Waals surface area contributed by atoms with E-state index < -0.39 is 0 Å². The van der Waals surface area contributed by atoms with E-state index in [-0.39, 0.29) is 5.54 Å². The summed E-state index contributed by atoms with van der Waals surface area (Å²) in [6.07, 6.45) is 2.91. The van der Waals surface area contributed by atoms with Gasteiger partial charge in [-0.05, 0) is 44.9 Å². The van der Waals surface area contributed by atoms with Crippen molar-refractivity contribution in [2.45, 2.75) is 52.1 Å². The van der Waals surface area contributed by atoms with Crippen LogP contribution in [-0.2, 0) is 13.0 Å². The lowest BCUT2D eigenvalue weighted by atomic mass is 10.00. The molecule has 104 valence electrons. The monoisotopic (exact) mass is 279 g/mol. The summed E-state index contributed by atoms with van der Waals surface area (Å²) in [6.45, 7) is 7.27. The number of nitrogens with two attached hydrogens (primary N) is 1. The van der Waals surface area contributed by atoms with Gasteiger partial charge in [-0.15, -0.1) is 0 Å². The van der Waals surface area contributed by atoms with Crippen molar-refractivity contribution in [3.8, 4) is 0 Å². The molecule has 0 aliphatic heterocycles. The van der Waals surface area contributed by atoms with Crippen LogP contribution in [0.3, 0.4) is 0 Å². The summed E-state index contributed by atoms with van der Waals surface area (Å²) in [5.41, 5.74) is 8.05. The second-order valence-electron chi connectivity index (χ2n) is 5.80. The summed E-state index contributed by atoms with van der Waals surface area (Å²) in [5, 5.41) is 0.736. The van der Waals surface area contributed by atoms with E-state index in [1.54, 1.807) is 0 Å². The molecule has 0 amide bonds. The first-order valence-electron chi connectivity index (χ1n) is 6.84. The molecule has 1 aromatic carbocycles. The van der Waals surface area contributed by atoms with Gasteiger partial charge in [0, 0.05) is 23.5 Å². The number of aromatic nitrogens is 2. The highest BCUT2D eigenvalue weighted by molar-refractivity contribution is 6.31. The van der Waals surface area contributed by atoms with E-state index in [4.69, 9.17) is 22.3 Å². The molecule has 1 aromatic heterocycles. The Morgan fingerprint density at radius 2 is 2.11 bits per heavy atom. The predicted octanol–water partition coefficient (Wildman–Crippen LogP) is 3.77. The van der Waals surface area contributed by atoms with Gasteiger partial charge in [0.1, 0.15) is 5.82 Å². The molecule has 0 unspecified atom stereocenters. The highest BCUT2D eigenvalue weighted by atomic mass is 35.5. The van der Waals surface area contributed by atoms with Crippen molar-refractivity contribution in [2.75, 3.05) is 0 Å². The van der Waals surface area contributed by atoms with E-state index in [1.165, 1.54) is 0 Å². The van der Waals surface area contributed by atoms with Crippen molar-refractivity contribution in [3.63, 3.8) is 0 Å². The number of hydrogen-bond donors (Lipinski definition) is 1. The molecule has 0 aliphatic carbocycles. The maximum Gasteiger partial charge on any atom is 0.109 e. The lowest BCUT2D eigenvalue weighted by Crippen LogP contribution is -2.32. The minimum atomic E-state index is -0.160. The number of nitrogens with zero attached hydrogens (tertiary/aromatic N) is 2. The van der Waals surface area contributed by atoms with Crippen LogP contribution in [0.4, 0.5) is 0 Å². The van der Waals surface area contributed by atoms with Crippen LogP contribution in [0.1, 0.15) is 39.4 Å². The normalized spacial score (nSPS) is 12.3. The van der Waals surface area contributed by atoms with E-state index in [0.29, 0.717) is 0 Å². The molecule has 0 radical (unpaired) electrons. The Bertz CT molecular complexity index is 567. The van der Waals surface area contributed by atoms with Gasteiger partial charge in [0.2, 0.25) is 0 Å². The molecule has 0 atom stereocenters. The standard InChI is InChI=1S/C15H22ClN3/c1-4-9-19-13-6-5-11(16)10-12(13)18-14(19)7-8-15(2,3)17/h5-6,10H,4,7-9,17H2,1-3H3. The predicted molar refractivity (Wildman–Crippen MR) is 81.6 cm³/mol. The lowest BCUT2D eigenvalue weighted by molar-refractivity contribution is 0.464. The molecule has 2 aromatic rings. The molecular weight excluding hydrogens is 258 g/mol. The first-order valence-corrected chi connectivity index (χ1v) is 7.22. The Morgan fingerprint density at radius 3 is 2.74 bits per heavy atom. The van der Waals surface area contributed by atoms with E-state index in [9.17, 15) is 0 Å². The number of benzene rings is 1. The average Bonchev–Trinajstić information content (AvgIpc) is 2.64. The van der Waals surface area contributed by atoms with Crippen LogP contribution in [-0.4, -0.2) is 15.1 Å². The molecule has 0 fully saturated rings. The maximum atomic E-state index is 6.07. The zero-order chi connectivity index (χ0) is 14.0. The topological polar surface area (TPSA) is 43.8 Å². The second kappa shape index (κ2) is 5.51. The summed E-state index contributed by atoms with van der Waals surface area (Å²) in [4.78, 5) is 4.72. The fraction of sp³-hybridized carbons (Fsp3) is 0.533. The number of hydrogen-bond acceptors (Lipinski definition) is 2. The Balaban J connectivity index is 2.38. The summed E-state index contributed by atoms with van der Waals surface area (Å²) in [5.74, 6) is 1.11. The SMILES string of the molecule is CCCn1c(CCC(C)(C)N)nc2cc(Cl)ccc21. The molecule has 0 bridgehead atoms. The minimum absolute atomic E-state index is 0.160.